The molecule has 0 radical (unpaired) electrons. The van der Waals surface area contributed by atoms with E-state index in [1.54, 1.807) is 6.92 Å². The fraction of sp³-hybridized carbons (Fsp3) is 0.273. The van der Waals surface area contributed by atoms with Gasteiger partial charge >= 0.3 is 0 Å². The van der Waals surface area contributed by atoms with Gasteiger partial charge in [-0.1, -0.05) is 11.2 Å². The fourth-order valence-electron chi connectivity index (χ4n) is 1.36. The van der Waals surface area contributed by atoms with Gasteiger partial charge in [-0.3, -0.25) is 0 Å². The minimum Gasteiger partial charge on any atom is -0.338 e. The zero-order chi connectivity index (χ0) is 12.4. The summed E-state index contributed by atoms with van der Waals surface area (Å²) in [5.74, 6) is -0.627. The fourth-order valence-corrected chi connectivity index (χ4v) is 1.36. The van der Waals surface area contributed by atoms with Crippen LogP contribution < -0.4 is 5.73 Å². The van der Waals surface area contributed by atoms with Crippen molar-refractivity contribution in [1.29, 1.82) is 0 Å². The molecule has 90 valence electrons. The van der Waals surface area contributed by atoms with Gasteiger partial charge in [0.15, 0.2) is 5.82 Å². The Morgan fingerprint density at radius 1 is 1.41 bits per heavy atom. The molecule has 0 aliphatic heterocycles. The summed E-state index contributed by atoms with van der Waals surface area (Å²) in [6, 6.07) is 2.99. The number of nitrogens with two attached hydrogens (primary N) is 1. The number of hydrogen-bond acceptors (Lipinski definition) is 4. The third-order valence-electron chi connectivity index (χ3n) is 2.24. The zero-order valence-electron chi connectivity index (χ0n) is 9.15. The van der Waals surface area contributed by atoms with E-state index in [9.17, 15) is 8.78 Å². The third kappa shape index (κ3) is 2.65. The van der Waals surface area contributed by atoms with Gasteiger partial charge in [-0.2, -0.15) is 4.98 Å². The summed E-state index contributed by atoms with van der Waals surface area (Å²) in [4.78, 5) is 4.01. The Labute approximate surface area is 96.4 Å². The van der Waals surface area contributed by atoms with Crippen molar-refractivity contribution in [1.82, 2.24) is 10.1 Å². The Balaban J connectivity index is 2.19. The standard InChI is InChI=1S/C11H11F2N3O/c1-6(14)11-15-10(16-17-11)4-7-2-3-8(12)5-9(7)13/h2-3,5-6H,4,14H2,1H3. The second kappa shape index (κ2) is 4.58. The number of benzene rings is 1. The van der Waals surface area contributed by atoms with Crippen LogP contribution in [0.4, 0.5) is 8.78 Å². The monoisotopic (exact) mass is 239 g/mol. The van der Waals surface area contributed by atoms with E-state index >= 15 is 0 Å². The maximum atomic E-state index is 13.4. The molecule has 0 spiro atoms. The van der Waals surface area contributed by atoms with Crippen molar-refractivity contribution in [3.05, 3.63) is 47.1 Å². The van der Waals surface area contributed by atoms with Crippen LogP contribution in [0.25, 0.3) is 0 Å². The van der Waals surface area contributed by atoms with Gasteiger partial charge in [0, 0.05) is 12.5 Å². The highest BCUT2D eigenvalue weighted by Gasteiger charge is 2.12. The summed E-state index contributed by atoms with van der Waals surface area (Å²) in [7, 11) is 0. The Morgan fingerprint density at radius 2 is 2.18 bits per heavy atom. The van der Waals surface area contributed by atoms with Gasteiger partial charge in [0.2, 0.25) is 5.89 Å². The Bertz CT molecular complexity index is 525. The lowest BCUT2D eigenvalue weighted by Crippen LogP contribution is -2.05. The highest BCUT2D eigenvalue weighted by atomic mass is 19.1. The average Bonchev–Trinajstić information content (AvgIpc) is 2.71. The number of hydrogen-bond donors (Lipinski definition) is 1. The highest BCUT2D eigenvalue weighted by Crippen LogP contribution is 2.14. The van der Waals surface area contributed by atoms with E-state index in [1.807, 2.05) is 0 Å². The maximum Gasteiger partial charge on any atom is 0.243 e. The zero-order valence-corrected chi connectivity index (χ0v) is 9.15. The summed E-state index contributed by atoms with van der Waals surface area (Å²) >= 11 is 0. The van der Waals surface area contributed by atoms with Crippen molar-refractivity contribution < 1.29 is 13.3 Å². The van der Waals surface area contributed by atoms with Crippen molar-refractivity contribution in [3.8, 4) is 0 Å². The van der Waals surface area contributed by atoms with Crippen LogP contribution in [0.2, 0.25) is 0 Å². The third-order valence-corrected chi connectivity index (χ3v) is 2.24. The smallest absolute Gasteiger partial charge is 0.243 e. The van der Waals surface area contributed by atoms with E-state index in [2.05, 4.69) is 10.1 Å². The molecule has 0 fully saturated rings. The molecular weight excluding hydrogens is 228 g/mol. The molecular formula is C11H11F2N3O. The van der Waals surface area contributed by atoms with Crippen molar-refractivity contribution in [3.63, 3.8) is 0 Å². The lowest BCUT2D eigenvalue weighted by Gasteiger charge is -1.99. The largest absolute Gasteiger partial charge is 0.338 e. The first kappa shape index (κ1) is 11.7. The molecule has 2 rings (SSSR count). The number of rotatable bonds is 3. The molecule has 0 aliphatic rings. The van der Waals surface area contributed by atoms with Gasteiger partial charge in [-0.25, -0.2) is 8.78 Å². The van der Waals surface area contributed by atoms with Gasteiger partial charge in [-0.05, 0) is 18.6 Å². The Kier molecular flexibility index (Phi) is 3.14. The molecule has 2 aromatic rings. The van der Waals surface area contributed by atoms with Crippen LogP contribution in [0.5, 0.6) is 0 Å². The molecule has 0 amide bonds. The van der Waals surface area contributed by atoms with Gasteiger partial charge in [-0.15, -0.1) is 0 Å². The topological polar surface area (TPSA) is 64.9 Å². The van der Waals surface area contributed by atoms with Crippen LogP contribution in [-0.4, -0.2) is 10.1 Å². The first-order chi connectivity index (χ1) is 8.06. The maximum absolute atomic E-state index is 13.4. The molecule has 6 heteroatoms. The minimum absolute atomic E-state index is 0.141. The van der Waals surface area contributed by atoms with E-state index in [0.29, 0.717) is 17.3 Å². The first-order valence-electron chi connectivity index (χ1n) is 5.08. The molecule has 0 bridgehead atoms. The summed E-state index contributed by atoms with van der Waals surface area (Å²) in [5, 5.41) is 3.67. The Morgan fingerprint density at radius 3 is 2.76 bits per heavy atom. The molecule has 1 heterocycles. The van der Waals surface area contributed by atoms with Crippen LogP contribution in [0, 0.1) is 11.6 Å². The predicted octanol–water partition coefficient (Wildman–Crippen LogP) is 1.96. The molecule has 17 heavy (non-hydrogen) atoms. The van der Waals surface area contributed by atoms with Crippen LogP contribution in [0.3, 0.4) is 0 Å². The predicted molar refractivity (Wildman–Crippen MR) is 56.1 cm³/mol. The molecule has 1 unspecified atom stereocenters. The minimum atomic E-state index is -0.628. The second-order valence-electron chi connectivity index (χ2n) is 3.75. The van der Waals surface area contributed by atoms with Crippen LogP contribution in [0.15, 0.2) is 22.7 Å². The lowest BCUT2D eigenvalue weighted by atomic mass is 10.1. The van der Waals surface area contributed by atoms with E-state index in [0.717, 1.165) is 6.07 Å². The SMILES string of the molecule is CC(N)c1nc(Cc2ccc(F)cc2F)no1. The number of aromatic nitrogens is 2. The second-order valence-corrected chi connectivity index (χ2v) is 3.75. The highest BCUT2D eigenvalue weighted by molar-refractivity contribution is 5.21. The number of nitrogens with zero attached hydrogens (tertiary/aromatic N) is 2. The normalized spacial score (nSPS) is 12.7. The van der Waals surface area contributed by atoms with Gasteiger partial charge < -0.3 is 10.3 Å². The average molecular weight is 239 g/mol. The van der Waals surface area contributed by atoms with Gasteiger partial charge in [0.05, 0.1) is 6.04 Å². The van der Waals surface area contributed by atoms with Gasteiger partial charge in [0.25, 0.3) is 0 Å². The van der Waals surface area contributed by atoms with E-state index in [4.69, 9.17) is 10.3 Å². The summed E-state index contributed by atoms with van der Waals surface area (Å²) < 4.78 is 30.9. The molecule has 1 aromatic carbocycles. The summed E-state index contributed by atoms with van der Waals surface area (Å²) in [6.07, 6.45) is 0.141. The van der Waals surface area contributed by atoms with Crippen molar-refractivity contribution in [2.45, 2.75) is 19.4 Å². The quantitative estimate of drug-likeness (QED) is 0.889. The molecule has 0 aliphatic carbocycles. The van der Waals surface area contributed by atoms with Crippen molar-refractivity contribution in [2.75, 3.05) is 0 Å². The van der Waals surface area contributed by atoms with Crippen LogP contribution >= 0.6 is 0 Å². The van der Waals surface area contributed by atoms with Crippen LogP contribution in [-0.2, 0) is 6.42 Å². The Hall–Kier alpha value is -1.82. The number of halogens is 2. The molecule has 4 nitrogen and oxygen atoms in total. The summed E-state index contributed by atoms with van der Waals surface area (Å²) in [6.45, 7) is 1.70. The van der Waals surface area contributed by atoms with E-state index in [1.165, 1.54) is 12.1 Å². The molecule has 2 N–H and O–H groups in total. The lowest BCUT2D eigenvalue weighted by molar-refractivity contribution is 0.357. The van der Waals surface area contributed by atoms with E-state index in [-0.39, 0.29) is 12.5 Å². The van der Waals surface area contributed by atoms with Crippen LogP contribution in [0.1, 0.15) is 30.2 Å². The summed E-state index contributed by atoms with van der Waals surface area (Å²) in [5.41, 5.74) is 5.86. The molecule has 1 atom stereocenters. The van der Waals surface area contributed by atoms with E-state index < -0.39 is 11.6 Å². The van der Waals surface area contributed by atoms with Crippen molar-refractivity contribution in [2.24, 2.45) is 5.73 Å². The molecule has 0 saturated heterocycles. The first-order valence-corrected chi connectivity index (χ1v) is 5.08. The molecule has 0 saturated carbocycles. The van der Waals surface area contributed by atoms with Crippen molar-refractivity contribution >= 4 is 0 Å². The molecule has 1 aromatic heterocycles. The van der Waals surface area contributed by atoms with Gasteiger partial charge in [0.1, 0.15) is 11.6 Å².